The second-order valence-corrected chi connectivity index (χ2v) is 6.12. The Labute approximate surface area is 159 Å². The molecule has 0 radical (unpaired) electrons. The van der Waals surface area contributed by atoms with Gasteiger partial charge in [-0.15, -0.1) is 0 Å². The maximum atomic E-state index is 12.3. The second kappa shape index (κ2) is 9.56. The number of anilines is 1. The first kappa shape index (κ1) is 20.2. The number of aryl methyl sites for hydroxylation is 1. The van der Waals surface area contributed by atoms with Crippen LogP contribution in [-0.2, 0) is 6.42 Å². The molecule has 0 heterocycles. The maximum absolute atomic E-state index is 12.3. The van der Waals surface area contributed by atoms with E-state index in [1.807, 2.05) is 19.1 Å². The number of rotatable bonds is 8. The highest BCUT2D eigenvalue weighted by molar-refractivity contribution is 5.90. The number of phenolic OH excluding ortho intramolecular Hbond substituents is 1. The molecule has 2 rings (SSSR count). The second-order valence-electron chi connectivity index (χ2n) is 6.12. The van der Waals surface area contributed by atoms with Crippen molar-refractivity contribution in [2.75, 3.05) is 26.6 Å². The summed E-state index contributed by atoms with van der Waals surface area (Å²) in [7, 11) is 4.56. The Morgan fingerprint density at radius 3 is 2.15 bits per heavy atom. The van der Waals surface area contributed by atoms with Crippen LogP contribution in [0.25, 0.3) is 0 Å². The van der Waals surface area contributed by atoms with Gasteiger partial charge in [0.1, 0.15) is 5.75 Å². The van der Waals surface area contributed by atoms with Crippen molar-refractivity contribution in [3.8, 4) is 23.0 Å². The molecule has 27 heavy (non-hydrogen) atoms. The van der Waals surface area contributed by atoms with Gasteiger partial charge in [0, 0.05) is 18.2 Å². The van der Waals surface area contributed by atoms with Gasteiger partial charge in [0.25, 0.3) is 0 Å². The van der Waals surface area contributed by atoms with E-state index in [0.717, 1.165) is 18.4 Å². The first-order chi connectivity index (χ1) is 13.0. The Morgan fingerprint density at radius 1 is 1.04 bits per heavy atom. The van der Waals surface area contributed by atoms with Crippen molar-refractivity contribution in [2.45, 2.75) is 25.8 Å². The molecular formula is C20H26N2O5. The monoisotopic (exact) mass is 374 g/mol. The summed E-state index contributed by atoms with van der Waals surface area (Å²) in [6.45, 7) is 1.94. The zero-order valence-corrected chi connectivity index (χ0v) is 16.0. The summed E-state index contributed by atoms with van der Waals surface area (Å²) in [6, 6.07) is 10.1. The molecule has 0 fully saturated rings. The van der Waals surface area contributed by atoms with Crippen molar-refractivity contribution in [3.05, 3.63) is 42.0 Å². The third-order valence-electron chi connectivity index (χ3n) is 4.10. The fraction of sp³-hybridized carbons (Fsp3) is 0.350. The van der Waals surface area contributed by atoms with Gasteiger partial charge in [-0.2, -0.15) is 0 Å². The third-order valence-corrected chi connectivity index (χ3v) is 4.10. The molecule has 146 valence electrons. The molecular weight excluding hydrogens is 348 g/mol. The van der Waals surface area contributed by atoms with E-state index in [1.165, 1.54) is 21.3 Å². The highest BCUT2D eigenvalue weighted by Crippen LogP contribution is 2.39. The van der Waals surface area contributed by atoms with Crippen LogP contribution in [0.1, 0.15) is 18.9 Å². The number of nitrogens with one attached hydrogen (secondary N) is 2. The summed E-state index contributed by atoms with van der Waals surface area (Å²) in [5.74, 6) is 1.64. The average Bonchev–Trinajstić information content (AvgIpc) is 2.66. The van der Waals surface area contributed by atoms with Crippen LogP contribution in [0.2, 0.25) is 0 Å². The fourth-order valence-electron chi connectivity index (χ4n) is 2.66. The molecule has 0 aliphatic heterocycles. The first-order valence-corrected chi connectivity index (χ1v) is 8.62. The number of hydrogen-bond donors (Lipinski definition) is 3. The Balaban J connectivity index is 1.93. The van der Waals surface area contributed by atoms with Crippen molar-refractivity contribution >= 4 is 11.7 Å². The van der Waals surface area contributed by atoms with Gasteiger partial charge >= 0.3 is 6.03 Å². The quantitative estimate of drug-likeness (QED) is 0.657. The molecule has 1 unspecified atom stereocenters. The van der Waals surface area contributed by atoms with Crippen molar-refractivity contribution in [1.29, 1.82) is 0 Å². The molecule has 0 spiro atoms. The summed E-state index contributed by atoms with van der Waals surface area (Å²) < 4.78 is 15.8. The Bertz CT molecular complexity index is 736. The van der Waals surface area contributed by atoms with Gasteiger partial charge in [0.15, 0.2) is 11.5 Å². The number of benzene rings is 2. The summed E-state index contributed by atoms with van der Waals surface area (Å²) in [5.41, 5.74) is 1.64. The minimum Gasteiger partial charge on any atom is -0.508 e. The van der Waals surface area contributed by atoms with Gasteiger partial charge in [-0.25, -0.2) is 4.79 Å². The summed E-state index contributed by atoms with van der Waals surface area (Å²) >= 11 is 0. The molecule has 1 atom stereocenters. The first-order valence-electron chi connectivity index (χ1n) is 8.62. The smallest absolute Gasteiger partial charge is 0.319 e. The molecule has 0 aromatic heterocycles. The van der Waals surface area contributed by atoms with E-state index >= 15 is 0 Å². The number of methoxy groups -OCH3 is 3. The van der Waals surface area contributed by atoms with Gasteiger partial charge in [-0.3, -0.25) is 0 Å². The Kier molecular flexibility index (Phi) is 7.16. The standard InChI is InChI=1S/C20H26N2O5/c1-13(5-6-14-7-9-16(23)10-8-14)21-20(24)22-15-11-17(25-2)19(27-4)18(12-15)26-3/h7-13,23H,5-6H2,1-4H3,(H2,21,22,24). The number of ether oxygens (including phenoxy) is 3. The van der Waals surface area contributed by atoms with Crippen LogP contribution in [0.3, 0.4) is 0 Å². The van der Waals surface area contributed by atoms with Crippen molar-refractivity contribution < 1.29 is 24.1 Å². The van der Waals surface area contributed by atoms with E-state index in [9.17, 15) is 9.90 Å². The van der Waals surface area contributed by atoms with Crippen molar-refractivity contribution in [3.63, 3.8) is 0 Å². The van der Waals surface area contributed by atoms with Crippen LogP contribution >= 0.6 is 0 Å². The van der Waals surface area contributed by atoms with Gasteiger partial charge in [-0.05, 0) is 37.5 Å². The molecule has 2 amide bonds. The van der Waals surface area contributed by atoms with E-state index in [0.29, 0.717) is 22.9 Å². The maximum Gasteiger partial charge on any atom is 0.319 e. The summed E-state index contributed by atoms with van der Waals surface area (Å²) in [4.78, 5) is 12.3. The molecule has 0 saturated heterocycles. The highest BCUT2D eigenvalue weighted by atomic mass is 16.5. The molecule has 3 N–H and O–H groups in total. The van der Waals surface area contributed by atoms with E-state index in [1.54, 1.807) is 24.3 Å². The Morgan fingerprint density at radius 2 is 1.63 bits per heavy atom. The van der Waals surface area contributed by atoms with E-state index < -0.39 is 0 Å². The van der Waals surface area contributed by atoms with Crippen LogP contribution in [0.15, 0.2) is 36.4 Å². The molecule has 2 aromatic carbocycles. The van der Waals surface area contributed by atoms with Crippen LogP contribution in [0.5, 0.6) is 23.0 Å². The summed E-state index contributed by atoms with van der Waals surface area (Å²) in [6.07, 6.45) is 1.57. The number of urea groups is 1. The predicted octanol–water partition coefficient (Wildman–Crippen LogP) is 3.56. The fourth-order valence-corrected chi connectivity index (χ4v) is 2.66. The van der Waals surface area contributed by atoms with Gasteiger partial charge in [0.2, 0.25) is 5.75 Å². The van der Waals surface area contributed by atoms with Crippen LogP contribution < -0.4 is 24.8 Å². The lowest BCUT2D eigenvalue weighted by Crippen LogP contribution is -2.36. The highest BCUT2D eigenvalue weighted by Gasteiger charge is 2.15. The lowest BCUT2D eigenvalue weighted by molar-refractivity contribution is 0.248. The molecule has 7 nitrogen and oxygen atoms in total. The number of amides is 2. The molecule has 2 aromatic rings. The summed E-state index contributed by atoms with van der Waals surface area (Å²) in [5, 5.41) is 15.0. The third kappa shape index (κ3) is 5.70. The molecule has 0 aliphatic rings. The zero-order valence-electron chi connectivity index (χ0n) is 16.0. The largest absolute Gasteiger partial charge is 0.508 e. The molecule has 0 aliphatic carbocycles. The number of phenols is 1. The van der Waals surface area contributed by atoms with E-state index in [2.05, 4.69) is 10.6 Å². The number of aromatic hydroxyl groups is 1. The van der Waals surface area contributed by atoms with Crippen molar-refractivity contribution in [2.24, 2.45) is 0 Å². The molecule has 0 saturated carbocycles. The SMILES string of the molecule is COc1cc(NC(=O)NC(C)CCc2ccc(O)cc2)cc(OC)c1OC. The lowest BCUT2D eigenvalue weighted by atomic mass is 10.1. The number of hydrogen-bond acceptors (Lipinski definition) is 5. The predicted molar refractivity (Wildman–Crippen MR) is 104 cm³/mol. The van der Waals surface area contributed by atoms with Gasteiger partial charge in [0.05, 0.1) is 27.0 Å². The number of carbonyl (C=O) groups is 1. The lowest BCUT2D eigenvalue weighted by Gasteiger charge is -2.17. The Hall–Kier alpha value is -3.09. The van der Waals surface area contributed by atoms with Crippen LogP contribution in [0.4, 0.5) is 10.5 Å². The van der Waals surface area contributed by atoms with Gasteiger partial charge in [-0.1, -0.05) is 12.1 Å². The zero-order chi connectivity index (χ0) is 19.8. The van der Waals surface area contributed by atoms with Crippen molar-refractivity contribution in [1.82, 2.24) is 5.32 Å². The minimum absolute atomic E-state index is 0.0270. The van der Waals surface area contributed by atoms with E-state index in [-0.39, 0.29) is 17.8 Å². The number of carbonyl (C=O) groups excluding carboxylic acids is 1. The van der Waals surface area contributed by atoms with E-state index in [4.69, 9.17) is 14.2 Å². The minimum atomic E-state index is -0.317. The molecule has 7 heteroatoms. The average molecular weight is 374 g/mol. The van der Waals surface area contributed by atoms with Crippen LogP contribution in [-0.4, -0.2) is 38.5 Å². The normalized spacial score (nSPS) is 11.4. The van der Waals surface area contributed by atoms with Gasteiger partial charge < -0.3 is 30.0 Å². The van der Waals surface area contributed by atoms with Crippen LogP contribution in [0, 0.1) is 0 Å². The topological polar surface area (TPSA) is 89.1 Å². The molecule has 0 bridgehead atoms.